The molecule has 0 atom stereocenters. The molecular weight excluding hydrogens is 238 g/mol. The summed E-state index contributed by atoms with van der Waals surface area (Å²) in [5.41, 5.74) is 0. The van der Waals surface area contributed by atoms with Gasteiger partial charge in [0, 0.05) is 0 Å². The van der Waals surface area contributed by atoms with Crippen LogP contribution in [0.15, 0.2) is 48.5 Å². The molecule has 4 heteroatoms. The van der Waals surface area contributed by atoms with Crippen molar-refractivity contribution >= 4 is 34.2 Å². The van der Waals surface area contributed by atoms with Gasteiger partial charge in [-0.1, -0.05) is 0 Å². The van der Waals surface area contributed by atoms with E-state index in [1.165, 1.54) is 10.6 Å². The van der Waals surface area contributed by atoms with Crippen LogP contribution in [0.25, 0.3) is 0 Å². The molecule has 0 aromatic heterocycles. The van der Waals surface area contributed by atoms with Gasteiger partial charge in [0.15, 0.2) is 0 Å². The van der Waals surface area contributed by atoms with Crippen LogP contribution in [-0.2, 0) is 0 Å². The summed E-state index contributed by atoms with van der Waals surface area (Å²) in [6, 6.07) is 16.6. The Kier molecular flexibility index (Phi) is 4.72. The number of methoxy groups -OCH3 is 2. The Bertz CT molecular complexity index is 449. The van der Waals surface area contributed by atoms with Gasteiger partial charge in [0.1, 0.15) is 0 Å². The molecule has 88 valence electrons. The van der Waals surface area contributed by atoms with E-state index in [1.807, 2.05) is 24.3 Å². The van der Waals surface area contributed by atoms with Gasteiger partial charge in [-0.2, -0.15) is 0 Å². The fourth-order valence-corrected chi connectivity index (χ4v) is 3.25. The third-order valence-corrected chi connectivity index (χ3v) is 5.06. The van der Waals surface area contributed by atoms with Gasteiger partial charge in [-0.15, -0.1) is 0 Å². The maximum absolute atomic E-state index is 5.18. The van der Waals surface area contributed by atoms with Gasteiger partial charge >= 0.3 is 118 Å². The van der Waals surface area contributed by atoms with Crippen LogP contribution in [0.2, 0.25) is 0 Å². The molecule has 0 saturated carbocycles. The zero-order valence-electron chi connectivity index (χ0n) is 10.9. The molecule has 0 aliphatic heterocycles. The molecule has 2 nitrogen and oxygen atoms in total. The quantitative estimate of drug-likeness (QED) is 0.613. The van der Waals surface area contributed by atoms with Crippen LogP contribution in [0.4, 0.5) is 0 Å². The third-order valence-electron chi connectivity index (χ3n) is 2.92. The minimum atomic E-state index is -0.317. The zero-order valence-corrected chi connectivity index (χ0v) is 11.8. The summed E-state index contributed by atoms with van der Waals surface area (Å²) in [6.45, 7) is 0. The van der Waals surface area contributed by atoms with Gasteiger partial charge < -0.3 is 0 Å². The van der Waals surface area contributed by atoms with E-state index in [0.29, 0.717) is 0 Å². The average Bonchev–Trinajstić information content (AvgIpc) is 2.47. The van der Waals surface area contributed by atoms with Crippen molar-refractivity contribution < 1.29 is 9.47 Å². The van der Waals surface area contributed by atoms with Crippen molar-refractivity contribution in [1.82, 2.24) is 0 Å². The molecule has 0 unspecified atom stereocenters. The van der Waals surface area contributed by atoms with E-state index in [4.69, 9.17) is 9.47 Å². The zero-order chi connectivity index (χ0) is 13.0. The van der Waals surface area contributed by atoms with Crippen molar-refractivity contribution in [2.45, 2.75) is 0 Å². The summed E-state index contributed by atoms with van der Waals surface area (Å²) < 4.78 is 10.4. The summed E-state index contributed by atoms with van der Waals surface area (Å²) >= 11 is 2.26. The Labute approximate surface area is 118 Å². The molecule has 0 N–H and O–H groups in total. The van der Waals surface area contributed by atoms with Gasteiger partial charge in [-0.05, 0) is 0 Å². The minimum absolute atomic E-state index is 0.317. The Morgan fingerprint density at radius 2 is 1.06 bits per heavy atom. The van der Waals surface area contributed by atoms with Crippen molar-refractivity contribution in [3.05, 3.63) is 48.5 Å². The molecule has 0 amide bonds. The summed E-state index contributed by atoms with van der Waals surface area (Å²) in [4.78, 5) is 0. The molecule has 0 fully saturated rings. The van der Waals surface area contributed by atoms with Gasteiger partial charge in [-0.3, -0.25) is 0 Å². The van der Waals surface area contributed by atoms with Crippen LogP contribution >= 0.6 is 6.35 Å². The SMILES string of the molecule is [Li][P](c1ccc(OC)cc1)c1ccc(OC)cc1. The topological polar surface area (TPSA) is 18.5 Å². The fourth-order valence-electron chi connectivity index (χ4n) is 1.76. The average molecular weight is 252 g/mol. The van der Waals surface area contributed by atoms with E-state index in [2.05, 4.69) is 41.5 Å². The van der Waals surface area contributed by atoms with Crippen molar-refractivity contribution in [1.29, 1.82) is 0 Å². The normalized spacial score (nSPS) is 10.5. The number of benzene rings is 2. The molecule has 2 aromatic carbocycles. The summed E-state index contributed by atoms with van der Waals surface area (Å²) in [6.07, 6.45) is -0.317. The molecule has 0 aliphatic rings. The van der Waals surface area contributed by atoms with Crippen LogP contribution in [0.1, 0.15) is 0 Å². The number of hydrogen-bond donors (Lipinski definition) is 0. The van der Waals surface area contributed by atoms with Gasteiger partial charge in [0.25, 0.3) is 0 Å². The van der Waals surface area contributed by atoms with Crippen molar-refractivity contribution in [3.63, 3.8) is 0 Å². The summed E-state index contributed by atoms with van der Waals surface area (Å²) in [7, 11) is 3.38. The Morgan fingerprint density at radius 1 is 0.722 bits per heavy atom. The van der Waals surface area contributed by atoms with Crippen LogP contribution in [0.3, 0.4) is 0 Å². The fraction of sp³-hybridized carbons (Fsp3) is 0.143. The molecule has 0 saturated heterocycles. The first-order valence-electron chi connectivity index (χ1n) is 5.76. The first kappa shape index (κ1) is 13.5. The van der Waals surface area contributed by atoms with Crippen LogP contribution < -0.4 is 20.1 Å². The maximum atomic E-state index is 5.18. The van der Waals surface area contributed by atoms with E-state index in [0.717, 1.165) is 11.5 Å². The van der Waals surface area contributed by atoms with Crippen LogP contribution in [-0.4, -0.2) is 31.5 Å². The predicted octanol–water partition coefficient (Wildman–Crippen LogP) is 2.22. The number of rotatable bonds is 4. The standard InChI is InChI=1S/C14H14O2P.Li/c1-15-11-3-7-13(8-4-11)17-14-9-5-12(16-2)6-10-14;/h3-10H,1-2H3;/q-1;+1. The molecule has 0 bridgehead atoms. The summed E-state index contributed by atoms with van der Waals surface area (Å²) in [5, 5.41) is 2.69. The second kappa shape index (κ2) is 6.30. The number of ether oxygens (including phenoxy) is 2. The third kappa shape index (κ3) is 3.09. The second-order valence-corrected chi connectivity index (χ2v) is 6.11. The first-order valence-corrected chi connectivity index (χ1v) is 7.55. The molecule has 0 radical (unpaired) electrons. The van der Waals surface area contributed by atoms with E-state index in [-0.39, 0.29) is 6.35 Å². The summed E-state index contributed by atoms with van der Waals surface area (Å²) in [5.74, 6) is 1.80. The van der Waals surface area contributed by atoms with Crippen LogP contribution in [0, 0.1) is 0 Å². The molecule has 2 aromatic rings. The molecular formula is C14H14LiO2P. The van der Waals surface area contributed by atoms with Crippen molar-refractivity contribution in [2.24, 2.45) is 0 Å². The predicted molar refractivity (Wildman–Crippen MR) is 77.9 cm³/mol. The van der Waals surface area contributed by atoms with Gasteiger partial charge in [0.05, 0.1) is 0 Å². The Hall–Kier alpha value is -0.933. The number of hydrogen-bond acceptors (Lipinski definition) is 2. The molecule has 18 heavy (non-hydrogen) atoms. The molecule has 2 rings (SSSR count). The Morgan fingerprint density at radius 3 is 1.33 bits per heavy atom. The molecule has 0 aliphatic carbocycles. The monoisotopic (exact) mass is 252 g/mol. The molecule has 0 spiro atoms. The van der Waals surface area contributed by atoms with Crippen molar-refractivity contribution in [2.75, 3.05) is 14.2 Å². The second-order valence-electron chi connectivity index (χ2n) is 3.96. The first-order chi connectivity index (χ1) is 8.74. The van der Waals surface area contributed by atoms with E-state index >= 15 is 0 Å². The van der Waals surface area contributed by atoms with Gasteiger partial charge in [0.2, 0.25) is 0 Å². The van der Waals surface area contributed by atoms with Gasteiger partial charge in [-0.25, -0.2) is 0 Å². The van der Waals surface area contributed by atoms with E-state index < -0.39 is 0 Å². The van der Waals surface area contributed by atoms with Crippen molar-refractivity contribution in [3.8, 4) is 11.5 Å². The van der Waals surface area contributed by atoms with E-state index in [9.17, 15) is 0 Å². The van der Waals surface area contributed by atoms with E-state index in [1.54, 1.807) is 14.2 Å². The van der Waals surface area contributed by atoms with Crippen LogP contribution in [0.5, 0.6) is 11.5 Å². The Balaban J connectivity index is 2.20. The molecule has 0 heterocycles.